The maximum Gasteiger partial charge on any atom is 0.155 e. The summed E-state index contributed by atoms with van der Waals surface area (Å²) in [5.41, 5.74) is 0.418. The predicted octanol–water partition coefficient (Wildman–Crippen LogP) is 3.49. The first kappa shape index (κ1) is 14.5. The van der Waals surface area contributed by atoms with E-state index in [4.69, 9.17) is 6.42 Å². The van der Waals surface area contributed by atoms with Crippen LogP contribution in [0.2, 0.25) is 0 Å². The molecule has 4 rings (SSSR count). The molecular weight excluding hydrogens is 274 g/mol. The van der Waals surface area contributed by atoms with Crippen molar-refractivity contribution in [2.45, 2.75) is 63.9 Å². The Balaban J connectivity index is 1.65. The van der Waals surface area contributed by atoms with E-state index in [1.807, 2.05) is 6.08 Å². The molecule has 0 aromatic carbocycles. The molecule has 0 aromatic heterocycles. The molecule has 4 aliphatic carbocycles. The molecule has 0 radical (unpaired) electrons. The smallest absolute Gasteiger partial charge is 0.155 e. The van der Waals surface area contributed by atoms with Crippen molar-refractivity contribution in [3.05, 3.63) is 11.6 Å². The third kappa shape index (κ3) is 1.75. The lowest BCUT2D eigenvalue weighted by Crippen LogP contribution is -2.52. The van der Waals surface area contributed by atoms with Crippen molar-refractivity contribution in [3.8, 4) is 12.3 Å². The highest BCUT2D eigenvalue weighted by atomic mass is 16.3. The number of terminal acetylenes is 1. The summed E-state index contributed by atoms with van der Waals surface area (Å²) in [7, 11) is 0. The average molecular weight is 300 g/mol. The second-order valence-corrected chi connectivity index (χ2v) is 8.30. The molecule has 3 saturated carbocycles. The highest BCUT2D eigenvalue weighted by Crippen LogP contribution is 2.64. The van der Waals surface area contributed by atoms with Crippen molar-refractivity contribution in [2.75, 3.05) is 0 Å². The molecule has 4 aliphatic rings. The number of carbonyl (C=O) groups excluding carboxylic acids is 1. The van der Waals surface area contributed by atoms with Crippen LogP contribution in [0.25, 0.3) is 0 Å². The van der Waals surface area contributed by atoms with Gasteiger partial charge in [-0.3, -0.25) is 4.79 Å². The van der Waals surface area contributed by atoms with E-state index in [0.717, 1.165) is 44.9 Å². The Kier molecular flexibility index (Phi) is 3.11. The topological polar surface area (TPSA) is 37.3 Å². The minimum absolute atomic E-state index is 0.103. The van der Waals surface area contributed by atoms with E-state index in [-0.39, 0.29) is 5.41 Å². The lowest BCUT2D eigenvalue weighted by Gasteiger charge is -2.54. The van der Waals surface area contributed by atoms with Gasteiger partial charge >= 0.3 is 0 Å². The van der Waals surface area contributed by atoms with Gasteiger partial charge in [0.1, 0.15) is 5.60 Å². The summed E-state index contributed by atoms with van der Waals surface area (Å²) in [6.07, 6.45) is 15.7. The highest BCUT2D eigenvalue weighted by molar-refractivity contribution is 5.91. The van der Waals surface area contributed by atoms with Crippen LogP contribution in [-0.4, -0.2) is 16.5 Å². The van der Waals surface area contributed by atoms with Crippen molar-refractivity contribution in [3.63, 3.8) is 0 Å². The summed E-state index contributed by atoms with van der Waals surface area (Å²) in [6, 6.07) is 0. The van der Waals surface area contributed by atoms with E-state index in [2.05, 4.69) is 12.8 Å². The van der Waals surface area contributed by atoms with E-state index >= 15 is 0 Å². The standard InChI is InChI=1S/C20H26O2/c1-3-20(22)11-9-18-17-6-4-13-12-14(21)5-7-15(13)16(17)8-10-19(18,20)2/h1,12,15-18,22H,4-11H2,2H3/t15-,16+,17+,18-,19-,20-/m0/s1/i1+1,3+1. The molecule has 0 bridgehead atoms. The molecular formula is C20H26O2. The summed E-state index contributed by atoms with van der Waals surface area (Å²) >= 11 is 0. The number of carbonyl (C=O) groups is 1. The largest absolute Gasteiger partial charge is 0.377 e. The summed E-state index contributed by atoms with van der Waals surface area (Å²) in [6.45, 7) is 2.23. The normalized spacial score (nSPS) is 50.4. The van der Waals surface area contributed by atoms with Gasteiger partial charge in [0.15, 0.2) is 5.78 Å². The zero-order chi connectivity index (χ0) is 15.5. The van der Waals surface area contributed by atoms with Crippen LogP contribution < -0.4 is 0 Å². The van der Waals surface area contributed by atoms with Gasteiger partial charge in [0.05, 0.1) is 0 Å². The summed E-state index contributed by atoms with van der Waals surface area (Å²) in [5.74, 6) is 5.66. The van der Waals surface area contributed by atoms with Crippen LogP contribution >= 0.6 is 0 Å². The Labute approximate surface area is 133 Å². The first-order valence-corrected chi connectivity index (χ1v) is 8.92. The molecule has 22 heavy (non-hydrogen) atoms. The summed E-state index contributed by atoms with van der Waals surface area (Å²) in [5, 5.41) is 10.9. The molecule has 118 valence electrons. The van der Waals surface area contributed by atoms with Crippen LogP contribution in [0.3, 0.4) is 0 Å². The number of fused-ring (bicyclic) bond motifs is 5. The zero-order valence-corrected chi connectivity index (χ0v) is 13.5. The van der Waals surface area contributed by atoms with Gasteiger partial charge in [-0.25, -0.2) is 0 Å². The maximum atomic E-state index is 11.7. The van der Waals surface area contributed by atoms with E-state index in [1.165, 1.54) is 12.0 Å². The lowest BCUT2D eigenvalue weighted by atomic mass is 9.51. The number of allylic oxidation sites excluding steroid dienone is 1. The molecule has 0 heterocycles. The molecule has 1 N–H and O–H groups in total. The molecule has 0 aliphatic heterocycles. The van der Waals surface area contributed by atoms with Gasteiger partial charge in [-0.2, -0.15) is 0 Å². The number of hydrogen-bond acceptors (Lipinski definition) is 2. The highest BCUT2D eigenvalue weighted by Gasteiger charge is 2.61. The lowest BCUT2D eigenvalue weighted by molar-refractivity contribution is -0.116. The molecule has 0 aromatic rings. The van der Waals surface area contributed by atoms with E-state index in [9.17, 15) is 9.90 Å². The number of ketones is 1. The summed E-state index contributed by atoms with van der Waals surface area (Å²) < 4.78 is 0. The van der Waals surface area contributed by atoms with Crippen molar-refractivity contribution in [1.29, 1.82) is 0 Å². The fraction of sp³-hybridized carbons (Fsp3) is 0.750. The molecule has 0 saturated heterocycles. The van der Waals surface area contributed by atoms with E-state index in [1.54, 1.807) is 0 Å². The van der Waals surface area contributed by atoms with Crippen molar-refractivity contribution in [1.82, 2.24) is 0 Å². The first-order chi connectivity index (χ1) is 10.5. The van der Waals surface area contributed by atoms with Crippen LogP contribution in [0.5, 0.6) is 0 Å². The van der Waals surface area contributed by atoms with Crippen LogP contribution in [-0.2, 0) is 4.79 Å². The monoisotopic (exact) mass is 300 g/mol. The van der Waals surface area contributed by atoms with Gasteiger partial charge in [-0.1, -0.05) is 18.4 Å². The minimum Gasteiger partial charge on any atom is -0.377 e. The first-order valence-electron chi connectivity index (χ1n) is 8.92. The average Bonchev–Trinajstić information content (AvgIpc) is 2.79. The van der Waals surface area contributed by atoms with Gasteiger partial charge < -0.3 is 5.11 Å². The second kappa shape index (κ2) is 4.71. The SMILES string of the molecule is C[C@]12CC[C@H]3[C@@H](CCC4=CC(=O)CC[C@@H]43)[C@@H]1CC[C@@]2(O)[13C]#[13CH]. The fourth-order valence-electron chi connectivity index (χ4n) is 6.43. The van der Waals surface area contributed by atoms with Crippen molar-refractivity contribution >= 4 is 5.78 Å². The Hall–Kier alpha value is -1.07. The maximum absolute atomic E-state index is 11.7. The predicted molar refractivity (Wildman–Crippen MR) is 85.9 cm³/mol. The third-order valence-electron chi connectivity index (χ3n) is 7.69. The second-order valence-electron chi connectivity index (χ2n) is 8.30. The third-order valence-corrected chi connectivity index (χ3v) is 7.69. The van der Waals surface area contributed by atoms with Gasteiger partial charge in [0.25, 0.3) is 0 Å². The summed E-state index contributed by atoms with van der Waals surface area (Å²) in [4.78, 5) is 11.7. The minimum atomic E-state index is -0.902. The van der Waals surface area contributed by atoms with Crippen LogP contribution in [0.1, 0.15) is 58.3 Å². The van der Waals surface area contributed by atoms with Gasteiger partial charge in [0, 0.05) is 11.8 Å². The van der Waals surface area contributed by atoms with Crippen molar-refractivity contribution < 1.29 is 9.90 Å². The Morgan fingerprint density at radius 2 is 2.00 bits per heavy atom. The fourth-order valence-corrected chi connectivity index (χ4v) is 6.43. The molecule has 0 amide bonds. The zero-order valence-electron chi connectivity index (χ0n) is 13.5. The molecule has 0 unspecified atom stereocenters. The van der Waals surface area contributed by atoms with Crippen LogP contribution in [0.4, 0.5) is 0 Å². The number of aliphatic hydroxyl groups is 1. The molecule has 2 heteroatoms. The van der Waals surface area contributed by atoms with Crippen LogP contribution in [0.15, 0.2) is 11.6 Å². The van der Waals surface area contributed by atoms with Gasteiger partial charge in [-0.15, -0.1) is 6.42 Å². The van der Waals surface area contributed by atoms with Gasteiger partial charge in [0.2, 0.25) is 0 Å². The molecule has 2 nitrogen and oxygen atoms in total. The number of rotatable bonds is 0. The van der Waals surface area contributed by atoms with E-state index in [0.29, 0.717) is 29.5 Å². The van der Waals surface area contributed by atoms with Crippen LogP contribution in [0, 0.1) is 41.4 Å². The quantitative estimate of drug-likeness (QED) is 0.549. The van der Waals surface area contributed by atoms with Crippen molar-refractivity contribution in [2.24, 2.45) is 29.1 Å². The van der Waals surface area contributed by atoms with Gasteiger partial charge in [-0.05, 0) is 74.7 Å². The molecule has 0 spiro atoms. The molecule has 3 fully saturated rings. The molecule has 6 atom stereocenters. The van der Waals surface area contributed by atoms with E-state index < -0.39 is 5.60 Å². The Bertz CT molecular complexity index is 583. The number of hydrogen-bond donors (Lipinski definition) is 1. The Morgan fingerprint density at radius 3 is 2.77 bits per heavy atom. The Morgan fingerprint density at radius 1 is 1.18 bits per heavy atom.